The second-order valence-electron chi connectivity index (χ2n) is 6.97. The molecule has 0 unspecified atom stereocenters. The van der Waals surface area contributed by atoms with Gasteiger partial charge in [-0.15, -0.1) is 0 Å². The standard InChI is InChI=1S/C24H26FN3O5/c1-4-12-32-27-22(23-14-21(28-33-23)16-6-8-17(25)9-7-16)15-31-18-10-11-20(26-5-2)19(13-18)24(29)30-3/h6-11,13-14,26H,4-5,12,15H2,1-3H3. The van der Waals surface area contributed by atoms with E-state index in [-0.39, 0.29) is 12.4 Å². The summed E-state index contributed by atoms with van der Waals surface area (Å²) in [6.45, 7) is 4.97. The molecule has 9 heteroatoms. The number of oxime groups is 1. The zero-order chi connectivity index (χ0) is 23.6. The van der Waals surface area contributed by atoms with E-state index in [0.29, 0.717) is 52.9 Å². The third-order valence-electron chi connectivity index (χ3n) is 4.54. The van der Waals surface area contributed by atoms with Crippen LogP contribution in [0.4, 0.5) is 10.1 Å². The van der Waals surface area contributed by atoms with E-state index in [1.54, 1.807) is 36.4 Å². The molecule has 0 spiro atoms. The first kappa shape index (κ1) is 23.8. The molecule has 0 radical (unpaired) electrons. The third-order valence-corrected chi connectivity index (χ3v) is 4.54. The molecule has 0 saturated heterocycles. The van der Waals surface area contributed by atoms with Crippen molar-refractivity contribution in [1.29, 1.82) is 0 Å². The first-order valence-electron chi connectivity index (χ1n) is 10.6. The lowest BCUT2D eigenvalue weighted by Gasteiger charge is -2.12. The molecule has 0 saturated carbocycles. The maximum Gasteiger partial charge on any atom is 0.340 e. The number of anilines is 1. The van der Waals surface area contributed by atoms with Crippen LogP contribution >= 0.6 is 0 Å². The molecule has 1 heterocycles. The van der Waals surface area contributed by atoms with E-state index >= 15 is 0 Å². The molecular formula is C24H26FN3O5. The van der Waals surface area contributed by atoms with Crippen molar-refractivity contribution in [3.05, 3.63) is 65.7 Å². The van der Waals surface area contributed by atoms with Crippen LogP contribution < -0.4 is 10.1 Å². The van der Waals surface area contributed by atoms with Gasteiger partial charge in [0.1, 0.15) is 30.5 Å². The molecule has 3 rings (SSSR count). The number of nitrogens with one attached hydrogen (secondary N) is 1. The fourth-order valence-corrected chi connectivity index (χ4v) is 2.91. The Morgan fingerprint density at radius 2 is 1.94 bits per heavy atom. The van der Waals surface area contributed by atoms with Crippen LogP contribution in [0.25, 0.3) is 11.3 Å². The number of carbonyl (C=O) groups is 1. The van der Waals surface area contributed by atoms with Crippen LogP contribution in [0.2, 0.25) is 0 Å². The van der Waals surface area contributed by atoms with Crippen molar-refractivity contribution < 1.29 is 28.0 Å². The van der Waals surface area contributed by atoms with E-state index < -0.39 is 5.97 Å². The first-order valence-corrected chi connectivity index (χ1v) is 10.6. The molecule has 33 heavy (non-hydrogen) atoms. The average molecular weight is 455 g/mol. The van der Waals surface area contributed by atoms with E-state index in [1.165, 1.54) is 19.2 Å². The summed E-state index contributed by atoms with van der Waals surface area (Å²) in [7, 11) is 1.32. The fraction of sp³-hybridized carbons (Fsp3) is 0.292. The molecule has 8 nitrogen and oxygen atoms in total. The van der Waals surface area contributed by atoms with Gasteiger partial charge in [-0.3, -0.25) is 0 Å². The number of halogens is 1. The molecule has 0 aliphatic carbocycles. The van der Waals surface area contributed by atoms with Gasteiger partial charge in [-0.25, -0.2) is 9.18 Å². The van der Waals surface area contributed by atoms with Crippen LogP contribution in [0.1, 0.15) is 36.4 Å². The molecule has 0 bridgehead atoms. The Morgan fingerprint density at radius 1 is 1.15 bits per heavy atom. The van der Waals surface area contributed by atoms with E-state index in [0.717, 1.165) is 6.42 Å². The summed E-state index contributed by atoms with van der Waals surface area (Å²) >= 11 is 0. The number of esters is 1. The molecule has 0 aliphatic rings. The molecule has 0 aliphatic heterocycles. The second kappa shape index (κ2) is 11.7. The van der Waals surface area contributed by atoms with Crippen LogP contribution in [0.15, 0.2) is 58.2 Å². The highest BCUT2D eigenvalue weighted by molar-refractivity contribution is 6.00. The monoisotopic (exact) mass is 455 g/mol. The quantitative estimate of drug-likeness (QED) is 0.190. The van der Waals surface area contributed by atoms with Crippen molar-refractivity contribution in [2.24, 2.45) is 5.16 Å². The second-order valence-corrected chi connectivity index (χ2v) is 6.97. The minimum atomic E-state index is -0.476. The zero-order valence-corrected chi connectivity index (χ0v) is 18.8. The molecule has 174 valence electrons. The van der Waals surface area contributed by atoms with Crippen LogP contribution in [0.5, 0.6) is 5.75 Å². The fourth-order valence-electron chi connectivity index (χ4n) is 2.91. The maximum absolute atomic E-state index is 13.2. The lowest BCUT2D eigenvalue weighted by atomic mass is 10.1. The number of methoxy groups -OCH3 is 1. The highest BCUT2D eigenvalue weighted by Gasteiger charge is 2.17. The van der Waals surface area contributed by atoms with E-state index in [9.17, 15) is 9.18 Å². The summed E-state index contributed by atoms with van der Waals surface area (Å²) in [4.78, 5) is 17.5. The Hall–Kier alpha value is -3.88. The van der Waals surface area contributed by atoms with Gasteiger partial charge in [0, 0.05) is 23.9 Å². The van der Waals surface area contributed by atoms with Crippen molar-refractivity contribution in [3.8, 4) is 17.0 Å². The number of carbonyl (C=O) groups excluding carboxylic acids is 1. The zero-order valence-electron chi connectivity index (χ0n) is 18.8. The summed E-state index contributed by atoms with van der Waals surface area (Å²) in [6, 6.07) is 12.7. The lowest BCUT2D eigenvalue weighted by molar-refractivity contribution is 0.0601. The van der Waals surface area contributed by atoms with E-state index in [2.05, 4.69) is 15.6 Å². The Bertz CT molecular complexity index is 1100. The predicted molar refractivity (Wildman–Crippen MR) is 122 cm³/mol. The van der Waals surface area contributed by atoms with Gasteiger partial charge in [0.25, 0.3) is 0 Å². The number of hydrogen-bond acceptors (Lipinski definition) is 8. The number of benzene rings is 2. The smallest absolute Gasteiger partial charge is 0.340 e. The Kier molecular flexibility index (Phi) is 8.40. The number of ether oxygens (including phenoxy) is 2. The van der Waals surface area contributed by atoms with E-state index in [1.807, 2.05) is 13.8 Å². The van der Waals surface area contributed by atoms with Crippen molar-refractivity contribution in [1.82, 2.24) is 5.16 Å². The maximum atomic E-state index is 13.2. The summed E-state index contributed by atoms with van der Waals surface area (Å²) in [5.41, 5.74) is 2.60. The normalized spacial score (nSPS) is 11.2. The van der Waals surface area contributed by atoms with Gasteiger partial charge >= 0.3 is 5.97 Å². The summed E-state index contributed by atoms with van der Waals surface area (Å²) in [5, 5.41) is 11.3. The molecule has 0 fully saturated rings. The number of rotatable bonds is 11. The van der Waals surface area contributed by atoms with Gasteiger partial charge in [0.05, 0.1) is 12.7 Å². The summed E-state index contributed by atoms with van der Waals surface area (Å²) in [5.74, 6) is -0.0188. The Morgan fingerprint density at radius 3 is 2.64 bits per heavy atom. The van der Waals surface area contributed by atoms with Gasteiger partial charge in [0.15, 0.2) is 11.5 Å². The van der Waals surface area contributed by atoms with Gasteiger partial charge in [-0.2, -0.15) is 0 Å². The highest BCUT2D eigenvalue weighted by atomic mass is 19.1. The number of hydrogen-bond donors (Lipinski definition) is 1. The number of nitrogens with zero attached hydrogens (tertiary/aromatic N) is 2. The molecule has 0 amide bonds. The van der Waals surface area contributed by atoms with Gasteiger partial charge in [-0.1, -0.05) is 17.2 Å². The largest absolute Gasteiger partial charge is 0.487 e. The van der Waals surface area contributed by atoms with Crippen molar-refractivity contribution in [3.63, 3.8) is 0 Å². The summed E-state index contributed by atoms with van der Waals surface area (Å²) in [6.07, 6.45) is 0.781. The van der Waals surface area contributed by atoms with Gasteiger partial charge in [-0.05, 0) is 55.8 Å². The Labute approximate surface area is 191 Å². The van der Waals surface area contributed by atoms with Crippen molar-refractivity contribution in [2.75, 3.05) is 32.2 Å². The topological polar surface area (TPSA) is 95.2 Å². The highest BCUT2D eigenvalue weighted by Crippen LogP contribution is 2.24. The third kappa shape index (κ3) is 6.31. The minimum absolute atomic E-state index is 0.00291. The molecule has 3 aromatic rings. The number of aromatic nitrogens is 1. The Balaban J connectivity index is 1.81. The molecule has 1 N–H and O–H groups in total. The molecule has 1 aromatic heterocycles. The van der Waals surface area contributed by atoms with Crippen LogP contribution in [0.3, 0.4) is 0 Å². The lowest BCUT2D eigenvalue weighted by Crippen LogP contribution is -2.14. The van der Waals surface area contributed by atoms with Crippen molar-refractivity contribution in [2.45, 2.75) is 20.3 Å². The summed E-state index contributed by atoms with van der Waals surface area (Å²) < 4.78 is 29.4. The minimum Gasteiger partial charge on any atom is -0.487 e. The van der Waals surface area contributed by atoms with Crippen LogP contribution in [-0.4, -0.2) is 43.7 Å². The SMILES string of the molecule is CCCON=C(COc1ccc(NCC)c(C(=O)OC)c1)c1cc(-c2ccc(F)cc2)no1. The van der Waals surface area contributed by atoms with Gasteiger partial charge in [0.2, 0.25) is 0 Å². The molecule has 2 aromatic carbocycles. The van der Waals surface area contributed by atoms with E-state index in [4.69, 9.17) is 18.8 Å². The van der Waals surface area contributed by atoms with Crippen LogP contribution in [0, 0.1) is 5.82 Å². The predicted octanol–water partition coefficient (Wildman–Crippen LogP) is 4.91. The molecule has 0 atom stereocenters. The average Bonchev–Trinajstić information content (AvgIpc) is 3.32. The van der Waals surface area contributed by atoms with Crippen molar-refractivity contribution >= 4 is 17.4 Å². The van der Waals surface area contributed by atoms with Gasteiger partial charge < -0.3 is 24.2 Å². The van der Waals surface area contributed by atoms with Crippen LogP contribution in [-0.2, 0) is 9.57 Å². The first-order chi connectivity index (χ1) is 16.0. The molecular weight excluding hydrogens is 429 g/mol.